The largest absolute Gasteiger partial charge is 0.351 e. The fraction of sp³-hybridized carbons (Fsp3) is 0.222. The summed E-state index contributed by atoms with van der Waals surface area (Å²) >= 11 is 12.6. The molecule has 2 N–H and O–H groups in total. The van der Waals surface area contributed by atoms with Crippen LogP contribution in [0.1, 0.15) is 13.3 Å². The Hall–Kier alpha value is -2.36. The van der Waals surface area contributed by atoms with Crippen molar-refractivity contribution >= 4 is 61.2 Å². The number of aryl methyl sites for hydroxylation is 1. The average Bonchev–Trinajstić information content (AvgIpc) is 2.65. The van der Waals surface area contributed by atoms with Gasteiger partial charge < -0.3 is 9.88 Å². The monoisotopic (exact) mass is 458 g/mol. The first kappa shape index (κ1) is 21.4. The number of halogens is 3. The molecule has 1 heterocycles. The van der Waals surface area contributed by atoms with E-state index in [-0.39, 0.29) is 43.8 Å². The van der Waals surface area contributed by atoms with Crippen LogP contribution in [0, 0.1) is 5.82 Å². The summed E-state index contributed by atoms with van der Waals surface area (Å²) < 4.78 is 42.1. The van der Waals surface area contributed by atoms with Gasteiger partial charge in [0.05, 0.1) is 50.1 Å². The van der Waals surface area contributed by atoms with Gasteiger partial charge in [0, 0.05) is 7.05 Å². The summed E-state index contributed by atoms with van der Waals surface area (Å²) in [4.78, 5) is 16.5. The third-order valence-corrected chi connectivity index (χ3v) is 6.38. The predicted octanol–water partition coefficient (Wildman–Crippen LogP) is 4.27. The number of hydrogen-bond donors (Lipinski definition) is 2. The van der Waals surface area contributed by atoms with E-state index in [1.54, 1.807) is 13.0 Å². The fourth-order valence-corrected chi connectivity index (χ4v) is 4.46. The molecule has 0 aliphatic carbocycles. The summed E-state index contributed by atoms with van der Waals surface area (Å²) in [6.07, 6.45) is 1.78. The number of rotatable bonds is 6. The lowest BCUT2D eigenvalue weighted by Gasteiger charge is -2.16. The number of anilines is 3. The Morgan fingerprint density at radius 2 is 1.83 bits per heavy atom. The molecule has 0 amide bonds. The smallest absolute Gasteiger partial charge is 0.262 e. The molecular formula is C18H17Cl2FN4O3S. The Morgan fingerprint density at radius 3 is 2.52 bits per heavy atom. The van der Waals surface area contributed by atoms with Crippen LogP contribution in [-0.2, 0) is 17.1 Å². The SMILES string of the molecule is CCCS(=O)(=O)Nc1ccc(F)c(Nc2ccc3ncn(C)c(=O)c3c2Cl)c1Cl. The van der Waals surface area contributed by atoms with E-state index in [4.69, 9.17) is 23.2 Å². The van der Waals surface area contributed by atoms with E-state index in [2.05, 4.69) is 15.0 Å². The zero-order chi connectivity index (χ0) is 21.3. The maximum Gasteiger partial charge on any atom is 0.262 e. The van der Waals surface area contributed by atoms with Gasteiger partial charge in [0.1, 0.15) is 5.82 Å². The second-order valence-electron chi connectivity index (χ2n) is 6.31. The molecule has 0 spiro atoms. The first-order valence-electron chi connectivity index (χ1n) is 8.54. The summed E-state index contributed by atoms with van der Waals surface area (Å²) in [5.41, 5.74) is 0.0926. The normalized spacial score (nSPS) is 11.6. The highest BCUT2D eigenvalue weighted by molar-refractivity contribution is 7.92. The third-order valence-electron chi connectivity index (χ3n) is 4.11. The van der Waals surface area contributed by atoms with Crippen LogP contribution >= 0.6 is 23.2 Å². The van der Waals surface area contributed by atoms with Gasteiger partial charge in [0.15, 0.2) is 0 Å². The van der Waals surface area contributed by atoms with E-state index in [1.165, 1.54) is 30.1 Å². The Kier molecular flexibility index (Phi) is 6.02. The molecule has 0 aliphatic rings. The van der Waals surface area contributed by atoms with Crippen molar-refractivity contribution in [3.05, 3.63) is 56.8 Å². The van der Waals surface area contributed by atoms with Crippen molar-refractivity contribution in [1.29, 1.82) is 0 Å². The van der Waals surface area contributed by atoms with Crippen molar-refractivity contribution < 1.29 is 12.8 Å². The lowest BCUT2D eigenvalue weighted by Crippen LogP contribution is -2.17. The number of aromatic nitrogens is 2. The molecule has 3 aromatic rings. The molecule has 154 valence electrons. The topological polar surface area (TPSA) is 93.1 Å². The summed E-state index contributed by atoms with van der Waals surface area (Å²) in [5, 5.41) is 2.80. The molecule has 3 rings (SSSR count). The maximum absolute atomic E-state index is 14.4. The molecule has 1 aromatic heterocycles. The quantitative estimate of drug-likeness (QED) is 0.574. The lowest BCUT2D eigenvalue weighted by molar-refractivity contribution is 0.599. The molecule has 0 saturated carbocycles. The number of benzene rings is 2. The van der Waals surface area contributed by atoms with Gasteiger partial charge in [-0.25, -0.2) is 17.8 Å². The van der Waals surface area contributed by atoms with Gasteiger partial charge >= 0.3 is 0 Å². The van der Waals surface area contributed by atoms with Crippen LogP contribution in [0.5, 0.6) is 0 Å². The number of hydrogen-bond acceptors (Lipinski definition) is 5. The molecule has 0 atom stereocenters. The van der Waals surface area contributed by atoms with Crippen LogP contribution in [0.4, 0.5) is 21.5 Å². The Labute approximate surface area is 176 Å². The van der Waals surface area contributed by atoms with Crippen molar-refractivity contribution in [2.45, 2.75) is 13.3 Å². The van der Waals surface area contributed by atoms with E-state index >= 15 is 0 Å². The van der Waals surface area contributed by atoms with E-state index in [1.807, 2.05) is 0 Å². The zero-order valence-corrected chi connectivity index (χ0v) is 17.8. The predicted molar refractivity (Wildman–Crippen MR) is 114 cm³/mol. The summed E-state index contributed by atoms with van der Waals surface area (Å²) in [6, 6.07) is 5.40. The molecule has 7 nitrogen and oxygen atoms in total. The summed E-state index contributed by atoms with van der Waals surface area (Å²) in [6.45, 7) is 1.72. The Balaban J connectivity index is 2.07. The van der Waals surface area contributed by atoms with E-state index in [0.29, 0.717) is 11.9 Å². The molecule has 0 bridgehead atoms. The summed E-state index contributed by atoms with van der Waals surface area (Å²) in [5.74, 6) is -0.820. The van der Waals surface area contributed by atoms with Gasteiger partial charge in [-0.1, -0.05) is 30.1 Å². The highest BCUT2D eigenvalue weighted by Gasteiger charge is 2.19. The molecule has 0 aliphatic heterocycles. The number of sulfonamides is 1. The molecule has 0 saturated heterocycles. The minimum Gasteiger partial charge on any atom is -0.351 e. The molecule has 2 aromatic carbocycles. The first-order valence-corrected chi connectivity index (χ1v) is 10.9. The molecular weight excluding hydrogens is 442 g/mol. The van der Waals surface area contributed by atoms with Gasteiger partial charge in [-0.2, -0.15) is 0 Å². The third kappa shape index (κ3) is 4.31. The standard InChI is InChI=1S/C18H17Cl2FN4O3S/c1-3-8-29(27,28)24-13-5-4-10(21)17(16(13)20)23-12-7-6-11-14(15(12)19)18(26)25(2)9-22-11/h4-7,9,23-24H,3,8H2,1-2H3. The van der Waals surface area contributed by atoms with E-state index in [0.717, 1.165) is 6.07 Å². The Bertz CT molecular complexity index is 1260. The maximum atomic E-state index is 14.4. The van der Waals surface area contributed by atoms with E-state index < -0.39 is 15.8 Å². The van der Waals surface area contributed by atoms with Crippen LogP contribution in [0.3, 0.4) is 0 Å². The first-order chi connectivity index (χ1) is 13.6. The van der Waals surface area contributed by atoms with E-state index in [9.17, 15) is 17.6 Å². The molecule has 0 unspecified atom stereocenters. The van der Waals surface area contributed by atoms with Gasteiger partial charge in [-0.15, -0.1) is 0 Å². The average molecular weight is 459 g/mol. The number of nitrogens with zero attached hydrogens (tertiary/aromatic N) is 2. The number of nitrogens with one attached hydrogen (secondary N) is 2. The molecule has 0 fully saturated rings. The highest BCUT2D eigenvalue weighted by Crippen LogP contribution is 2.38. The highest BCUT2D eigenvalue weighted by atomic mass is 35.5. The zero-order valence-electron chi connectivity index (χ0n) is 15.5. The van der Waals surface area contributed by atoms with Crippen molar-refractivity contribution in [2.75, 3.05) is 15.8 Å². The van der Waals surface area contributed by atoms with Gasteiger partial charge in [0.25, 0.3) is 5.56 Å². The second kappa shape index (κ2) is 8.17. The minimum absolute atomic E-state index is 0.0264. The minimum atomic E-state index is -3.62. The van der Waals surface area contributed by atoms with Gasteiger partial charge in [-0.05, 0) is 30.7 Å². The van der Waals surface area contributed by atoms with Crippen molar-refractivity contribution in [3.8, 4) is 0 Å². The van der Waals surface area contributed by atoms with Crippen molar-refractivity contribution in [3.63, 3.8) is 0 Å². The summed E-state index contributed by atoms with van der Waals surface area (Å²) in [7, 11) is -2.08. The number of fused-ring (bicyclic) bond motifs is 1. The van der Waals surface area contributed by atoms with Crippen LogP contribution in [0.25, 0.3) is 10.9 Å². The van der Waals surface area contributed by atoms with Crippen molar-refractivity contribution in [2.24, 2.45) is 7.05 Å². The Morgan fingerprint density at radius 1 is 1.14 bits per heavy atom. The van der Waals surface area contributed by atoms with Crippen LogP contribution in [-0.4, -0.2) is 23.7 Å². The van der Waals surface area contributed by atoms with Gasteiger partial charge in [0.2, 0.25) is 10.0 Å². The molecule has 0 radical (unpaired) electrons. The second-order valence-corrected chi connectivity index (χ2v) is 8.91. The lowest BCUT2D eigenvalue weighted by atomic mass is 10.2. The molecule has 11 heteroatoms. The van der Waals surface area contributed by atoms with Gasteiger partial charge in [-0.3, -0.25) is 9.52 Å². The van der Waals surface area contributed by atoms with Crippen molar-refractivity contribution in [1.82, 2.24) is 9.55 Å². The fourth-order valence-electron chi connectivity index (χ4n) is 2.72. The van der Waals surface area contributed by atoms with Crippen LogP contribution in [0.2, 0.25) is 10.0 Å². The molecule has 29 heavy (non-hydrogen) atoms. The van der Waals surface area contributed by atoms with Crippen LogP contribution in [0.15, 0.2) is 35.4 Å². The van der Waals surface area contributed by atoms with Crippen LogP contribution < -0.4 is 15.6 Å².